The van der Waals surface area contributed by atoms with Crippen molar-refractivity contribution in [3.63, 3.8) is 0 Å². The van der Waals surface area contributed by atoms with Gasteiger partial charge in [-0.05, 0) is 28.5 Å². The van der Waals surface area contributed by atoms with Gasteiger partial charge in [0.25, 0.3) is 5.91 Å². The Kier molecular flexibility index (Phi) is 15.7. The molecule has 3 N–H and O–H groups in total. The van der Waals surface area contributed by atoms with Gasteiger partial charge in [0.2, 0.25) is 11.8 Å². The summed E-state index contributed by atoms with van der Waals surface area (Å²) < 4.78 is 0. The average molecular weight is 642 g/mol. The number of nitrogens with two attached hydrogens (primary N) is 1. The minimum Gasteiger partial charge on any atom is -0.370 e. The van der Waals surface area contributed by atoms with E-state index in [1.165, 1.54) is 30.7 Å². The highest BCUT2D eigenvalue weighted by Gasteiger charge is 2.43. The smallest absolute Gasteiger partial charge is 0.250 e. The molecule has 0 aliphatic carbocycles. The summed E-state index contributed by atoms with van der Waals surface area (Å²) in [5.41, 5.74) is 7.66. The van der Waals surface area contributed by atoms with Gasteiger partial charge in [0.1, 0.15) is 12.6 Å². The molecule has 7 heteroatoms. The number of rotatable bonds is 20. The standard InChI is InChI=1S/C40H55N3O4/c1-5-6-7-8-9-10-11-17-28-34(29-35(41)44)39(46)43(47-30-31-22-15-12-16-23-31)37(40(2,3)4)38(45)42-36(32-24-18-13-19-25-32)33-26-20-14-21-27-33/h12-16,18-27,34,36-37H,5-11,17,28-30H2,1-4H3,(H2,41,44)(H,42,45). The molecular weight excluding hydrogens is 586 g/mol. The summed E-state index contributed by atoms with van der Waals surface area (Å²) in [6.45, 7) is 8.07. The topological polar surface area (TPSA) is 102 Å². The van der Waals surface area contributed by atoms with Crippen molar-refractivity contribution in [3.8, 4) is 0 Å². The molecule has 0 heterocycles. The first-order chi connectivity index (χ1) is 22.6. The number of primary amides is 1. The third-order valence-electron chi connectivity index (χ3n) is 8.49. The maximum Gasteiger partial charge on any atom is 0.250 e. The highest BCUT2D eigenvalue weighted by Crippen LogP contribution is 2.31. The fourth-order valence-electron chi connectivity index (χ4n) is 5.97. The third-order valence-corrected chi connectivity index (χ3v) is 8.49. The largest absolute Gasteiger partial charge is 0.370 e. The van der Waals surface area contributed by atoms with Crippen LogP contribution in [0, 0.1) is 11.3 Å². The average Bonchev–Trinajstić information content (AvgIpc) is 3.06. The van der Waals surface area contributed by atoms with Crippen LogP contribution in [0.1, 0.15) is 115 Å². The SMILES string of the molecule is CCCCCCCCCCC(CC(N)=O)C(=O)N(OCc1ccccc1)C(C(=O)NC(c1ccccc1)c1ccccc1)C(C)(C)C. The van der Waals surface area contributed by atoms with Crippen LogP contribution in [0.3, 0.4) is 0 Å². The molecular formula is C40H55N3O4. The van der Waals surface area contributed by atoms with Crippen LogP contribution < -0.4 is 11.1 Å². The normalized spacial score (nSPS) is 12.8. The van der Waals surface area contributed by atoms with Crippen LogP contribution in [0.25, 0.3) is 0 Å². The Hall–Kier alpha value is -3.97. The van der Waals surface area contributed by atoms with Crippen molar-refractivity contribution in [1.29, 1.82) is 0 Å². The second kappa shape index (κ2) is 19.6. The van der Waals surface area contributed by atoms with E-state index in [9.17, 15) is 14.4 Å². The number of nitrogens with one attached hydrogen (secondary N) is 1. The van der Waals surface area contributed by atoms with Gasteiger partial charge in [-0.1, -0.05) is 170 Å². The number of hydrogen-bond donors (Lipinski definition) is 2. The number of amides is 3. The zero-order valence-corrected chi connectivity index (χ0v) is 28.8. The van der Waals surface area contributed by atoms with Crippen LogP contribution >= 0.6 is 0 Å². The second-order valence-electron chi connectivity index (χ2n) is 13.6. The van der Waals surface area contributed by atoms with Crippen LogP contribution in [0.2, 0.25) is 0 Å². The van der Waals surface area contributed by atoms with Crippen molar-refractivity contribution >= 4 is 17.7 Å². The number of hydroxylamine groups is 2. The van der Waals surface area contributed by atoms with Gasteiger partial charge in [0.15, 0.2) is 0 Å². The summed E-state index contributed by atoms with van der Waals surface area (Å²) in [5.74, 6) is -1.98. The van der Waals surface area contributed by atoms with Gasteiger partial charge in [0, 0.05) is 12.3 Å². The molecule has 0 fully saturated rings. The molecule has 0 bridgehead atoms. The summed E-state index contributed by atoms with van der Waals surface area (Å²) in [5, 5.41) is 4.49. The molecule has 3 aromatic rings. The van der Waals surface area contributed by atoms with Crippen molar-refractivity contribution in [3.05, 3.63) is 108 Å². The van der Waals surface area contributed by atoms with E-state index in [0.717, 1.165) is 42.4 Å². The summed E-state index contributed by atoms with van der Waals surface area (Å²) in [4.78, 5) is 47.5. The molecule has 2 unspecified atom stereocenters. The van der Waals surface area contributed by atoms with Crippen molar-refractivity contribution < 1.29 is 19.2 Å². The number of unbranched alkanes of at least 4 members (excludes halogenated alkanes) is 7. The Morgan fingerprint density at radius 2 is 1.23 bits per heavy atom. The monoisotopic (exact) mass is 641 g/mol. The molecule has 7 nitrogen and oxygen atoms in total. The number of carbonyl (C=O) groups is 3. The van der Waals surface area contributed by atoms with Crippen LogP contribution in [0.15, 0.2) is 91.0 Å². The van der Waals surface area contributed by atoms with Gasteiger partial charge in [-0.25, -0.2) is 5.06 Å². The summed E-state index contributed by atoms with van der Waals surface area (Å²) >= 11 is 0. The third kappa shape index (κ3) is 12.6. The van der Waals surface area contributed by atoms with E-state index in [-0.39, 0.29) is 18.9 Å². The Labute approximate surface area is 282 Å². The van der Waals surface area contributed by atoms with Gasteiger partial charge < -0.3 is 11.1 Å². The van der Waals surface area contributed by atoms with Gasteiger partial charge in [-0.15, -0.1) is 0 Å². The summed E-state index contributed by atoms with van der Waals surface area (Å²) in [7, 11) is 0. The first-order valence-electron chi connectivity index (χ1n) is 17.3. The van der Waals surface area contributed by atoms with Gasteiger partial charge >= 0.3 is 0 Å². The van der Waals surface area contributed by atoms with E-state index >= 15 is 0 Å². The molecule has 0 aromatic heterocycles. The molecule has 0 aliphatic rings. The lowest BCUT2D eigenvalue weighted by Crippen LogP contribution is -2.57. The van der Waals surface area contributed by atoms with Crippen LogP contribution in [-0.4, -0.2) is 28.8 Å². The number of benzene rings is 3. The first kappa shape index (κ1) is 37.5. The molecule has 254 valence electrons. The van der Waals surface area contributed by atoms with Crippen molar-refractivity contribution in [1.82, 2.24) is 10.4 Å². The Balaban J connectivity index is 1.91. The highest BCUT2D eigenvalue weighted by atomic mass is 16.7. The number of carbonyl (C=O) groups excluding carboxylic acids is 3. The maximum absolute atomic E-state index is 14.5. The highest BCUT2D eigenvalue weighted by molar-refractivity contribution is 5.90. The zero-order valence-electron chi connectivity index (χ0n) is 28.8. The van der Waals surface area contributed by atoms with Crippen LogP contribution in [-0.2, 0) is 25.8 Å². The predicted molar refractivity (Wildman–Crippen MR) is 189 cm³/mol. The maximum atomic E-state index is 14.5. The lowest BCUT2D eigenvalue weighted by atomic mass is 9.84. The Bertz CT molecular complexity index is 1300. The minimum absolute atomic E-state index is 0.0916. The fraction of sp³-hybridized carbons (Fsp3) is 0.475. The quantitative estimate of drug-likeness (QED) is 0.0957. The molecule has 0 aliphatic heterocycles. The number of hydrogen-bond acceptors (Lipinski definition) is 4. The molecule has 0 radical (unpaired) electrons. The first-order valence-corrected chi connectivity index (χ1v) is 17.3. The summed E-state index contributed by atoms with van der Waals surface area (Å²) in [6, 6.07) is 27.7. The lowest BCUT2D eigenvalue weighted by Gasteiger charge is -2.40. The van der Waals surface area contributed by atoms with E-state index in [4.69, 9.17) is 10.6 Å². The molecule has 47 heavy (non-hydrogen) atoms. The van der Waals surface area contributed by atoms with Crippen LogP contribution in [0.4, 0.5) is 0 Å². The molecule has 2 atom stereocenters. The Morgan fingerprint density at radius 1 is 0.745 bits per heavy atom. The molecule has 3 aromatic carbocycles. The molecule has 0 saturated heterocycles. The predicted octanol–water partition coefficient (Wildman–Crippen LogP) is 8.29. The molecule has 0 saturated carbocycles. The molecule has 3 amide bonds. The van der Waals surface area contributed by atoms with Gasteiger partial charge in [-0.3, -0.25) is 19.2 Å². The van der Waals surface area contributed by atoms with E-state index in [0.29, 0.717) is 6.42 Å². The fourth-order valence-corrected chi connectivity index (χ4v) is 5.97. The van der Waals surface area contributed by atoms with E-state index in [2.05, 4.69) is 12.2 Å². The van der Waals surface area contributed by atoms with Crippen molar-refractivity contribution in [2.24, 2.45) is 17.1 Å². The van der Waals surface area contributed by atoms with Gasteiger partial charge in [-0.2, -0.15) is 0 Å². The van der Waals surface area contributed by atoms with Crippen LogP contribution in [0.5, 0.6) is 0 Å². The van der Waals surface area contributed by atoms with Crippen molar-refractivity contribution in [2.75, 3.05) is 0 Å². The van der Waals surface area contributed by atoms with E-state index in [1.54, 1.807) is 0 Å². The second-order valence-corrected chi connectivity index (χ2v) is 13.6. The summed E-state index contributed by atoms with van der Waals surface area (Å²) in [6.07, 6.45) is 9.35. The number of nitrogens with zero attached hydrogens (tertiary/aromatic N) is 1. The minimum atomic E-state index is -0.998. The molecule has 3 rings (SSSR count). The Morgan fingerprint density at radius 3 is 1.72 bits per heavy atom. The molecule has 0 spiro atoms. The lowest BCUT2D eigenvalue weighted by molar-refractivity contribution is -0.221. The van der Waals surface area contributed by atoms with E-state index < -0.39 is 35.2 Å². The zero-order chi connectivity index (χ0) is 34.1. The van der Waals surface area contributed by atoms with E-state index in [1.807, 2.05) is 112 Å². The van der Waals surface area contributed by atoms with Crippen molar-refractivity contribution in [2.45, 2.75) is 111 Å². The van der Waals surface area contributed by atoms with Gasteiger partial charge in [0.05, 0.1) is 6.04 Å².